The molecule has 0 unspecified atom stereocenters. The van der Waals surface area contributed by atoms with Crippen molar-refractivity contribution in [3.8, 4) is 11.5 Å². The highest BCUT2D eigenvalue weighted by Crippen LogP contribution is 2.39. The fraction of sp³-hybridized carbons (Fsp3) is 0.281. The zero-order valence-corrected chi connectivity index (χ0v) is 26.6. The highest BCUT2D eigenvalue weighted by atomic mass is 35.5. The third-order valence-corrected chi connectivity index (χ3v) is 6.71. The zero-order chi connectivity index (χ0) is 33.6. The molecular weight excluding hydrogens is 621 g/mol. The first-order valence-corrected chi connectivity index (χ1v) is 14.3. The van der Waals surface area contributed by atoms with E-state index in [2.05, 4.69) is 20.0 Å². The van der Waals surface area contributed by atoms with Crippen molar-refractivity contribution in [1.29, 1.82) is 0 Å². The van der Waals surface area contributed by atoms with Crippen molar-refractivity contribution in [3.63, 3.8) is 0 Å². The molecule has 3 aromatic carbocycles. The number of halogens is 2. The molecule has 0 radical (unpaired) electrons. The van der Waals surface area contributed by atoms with E-state index in [0.29, 0.717) is 11.2 Å². The lowest BCUT2D eigenvalue weighted by atomic mass is 10.1. The number of fused-ring (bicyclic) bond motifs is 1. The van der Waals surface area contributed by atoms with Gasteiger partial charge in [-0.15, -0.1) is 0 Å². The molecule has 0 spiro atoms. The Balaban J connectivity index is 1.61. The first-order valence-electron chi connectivity index (χ1n) is 14.0. The summed E-state index contributed by atoms with van der Waals surface area (Å²) in [5.41, 5.74) is 6.30. The molecule has 1 aromatic heterocycles. The van der Waals surface area contributed by atoms with E-state index in [4.69, 9.17) is 31.5 Å². The van der Waals surface area contributed by atoms with E-state index >= 15 is 4.39 Å². The molecule has 12 nitrogen and oxygen atoms in total. The van der Waals surface area contributed by atoms with Gasteiger partial charge in [0.2, 0.25) is 0 Å². The van der Waals surface area contributed by atoms with E-state index in [-0.39, 0.29) is 39.8 Å². The molecule has 1 atom stereocenters. The van der Waals surface area contributed by atoms with Crippen molar-refractivity contribution in [2.24, 2.45) is 5.73 Å². The number of amides is 2. The Bertz CT molecular complexity index is 1750. The molecule has 14 heteroatoms. The smallest absolute Gasteiger partial charge is 0.420 e. The monoisotopic (exact) mass is 653 g/mol. The number of nitrogens with one attached hydrogen (secondary N) is 1. The summed E-state index contributed by atoms with van der Waals surface area (Å²) in [5.74, 6) is -1.51. The van der Waals surface area contributed by atoms with Crippen LogP contribution in [-0.2, 0) is 25.5 Å². The number of rotatable bonds is 10. The Labute approximate surface area is 269 Å². The van der Waals surface area contributed by atoms with Crippen LogP contribution in [0.2, 0.25) is 5.02 Å². The minimum Gasteiger partial charge on any atom is -0.493 e. The maximum Gasteiger partial charge on any atom is 0.420 e. The van der Waals surface area contributed by atoms with E-state index in [1.165, 1.54) is 50.9 Å². The Morgan fingerprint density at radius 3 is 2.41 bits per heavy atom. The van der Waals surface area contributed by atoms with Gasteiger partial charge in [0.25, 0.3) is 5.91 Å². The first kappa shape index (κ1) is 33.9. The van der Waals surface area contributed by atoms with Gasteiger partial charge in [0.15, 0.2) is 29.7 Å². The molecular formula is C32H33ClFN5O7. The SMILES string of the molecule is COC(=O)[C@@H](N)Cc1ccc(NC(=O)COc2cc3c(N(C(=O)OC(C)(C)C)c4cccc(Cl)c4F)ncnc3cc2OC)cc1. The number of esters is 1. The molecule has 2 amide bonds. The molecule has 242 valence electrons. The van der Waals surface area contributed by atoms with Crippen LogP contribution in [0.15, 0.2) is 60.9 Å². The van der Waals surface area contributed by atoms with Gasteiger partial charge in [0.1, 0.15) is 18.0 Å². The number of methoxy groups -OCH3 is 2. The van der Waals surface area contributed by atoms with Gasteiger partial charge in [0.05, 0.1) is 30.4 Å². The molecule has 4 rings (SSSR count). The number of hydrogen-bond acceptors (Lipinski definition) is 10. The summed E-state index contributed by atoms with van der Waals surface area (Å²) in [6, 6.07) is 13.2. The van der Waals surface area contributed by atoms with Gasteiger partial charge in [-0.1, -0.05) is 29.8 Å². The molecule has 0 bridgehead atoms. The number of hydrogen-bond donors (Lipinski definition) is 2. The van der Waals surface area contributed by atoms with Crippen LogP contribution >= 0.6 is 11.6 Å². The number of aromatic nitrogens is 2. The molecule has 0 saturated carbocycles. The Kier molecular flexibility index (Phi) is 10.6. The number of carbonyl (C=O) groups excluding carboxylic acids is 3. The minimum atomic E-state index is -0.922. The topological polar surface area (TPSA) is 155 Å². The number of nitrogens with zero attached hydrogens (tertiary/aromatic N) is 3. The van der Waals surface area contributed by atoms with Crippen molar-refractivity contribution < 1.29 is 37.7 Å². The predicted molar refractivity (Wildman–Crippen MR) is 170 cm³/mol. The lowest BCUT2D eigenvalue weighted by Gasteiger charge is -2.28. The fourth-order valence-electron chi connectivity index (χ4n) is 4.33. The van der Waals surface area contributed by atoms with Crippen LogP contribution < -0.4 is 25.4 Å². The van der Waals surface area contributed by atoms with E-state index < -0.39 is 42.0 Å². The van der Waals surface area contributed by atoms with Crippen molar-refractivity contribution in [3.05, 3.63) is 77.3 Å². The number of benzene rings is 3. The Hall–Kier alpha value is -5.01. The summed E-state index contributed by atoms with van der Waals surface area (Å²) in [7, 11) is 2.68. The van der Waals surface area contributed by atoms with Crippen molar-refractivity contribution >= 4 is 57.7 Å². The van der Waals surface area contributed by atoms with Crippen LogP contribution in [0.25, 0.3) is 10.9 Å². The van der Waals surface area contributed by atoms with Crippen molar-refractivity contribution in [2.75, 3.05) is 31.0 Å². The largest absolute Gasteiger partial charge is 0.493 e. The highest BCUT2D eigenvalue weighted by molar-refractivity contribution is 6.31. The average Bonchev–Trinajstić information content (AvgIpc) is 3.01. The first-order chi connectivity index (χ1) is 21.8. The van der Waals surface area contributed by atoms with Crippen LogP contribution in [0.1, 0.15) is 26.3 Å². The van der Waals surface area contributed by atoms with Gasteiger partial charge in [0, 0.05) is 17.1 Å². The molecule has 0 fully saturated rings. The number of anilines is 3. The quantitative estimate of drug-likeness (QED) is 0.208. The maximum atomic E-state index is 15.3. The molecule has 0 aliphatic heterocycles. The number of carbonyl (C=O) groups is 3. The highest BCUT2D eigenvalue weighted by Gasteiger charge is 2.30. The van der Waals surface area contributed by atoms with Crippen LogP contribution in [0.5, 0.6) is 11.5 Å². The van der Waals surface area contributed by atoms with E-state index in [1.54, 1.807) is 45.0 Å². The van der Waals surface area contributed by atoms with Gasteiger partial charge < -0.3 is 30.0 Å². The lowest BCUT2D eigenvalue weighted by Crippen LogP contribution is -2.35. The number of ether oxygens (including phenoxy) is 4. The zero-order valence-electron chi connectivity index (χ0n) is 25.8. The maximum absolute atomic E-state index is 15.3. The van der Waals surface area contributed by atoms with Crippen LogP contribution in [0, 0.1) is 5.82 Å². The van der Waals surface area contributed by atoms with Gasteiger partial charge >= 0.3 is 12.1 Å². The summed E-state index contributed by atoms with van der Waals surface area (Å²) in [4.78, 5) is 47.4. The fourth-order valence-corrected chi connectivity index (χ4v) is 4.50. The second-order valence-corrected chi connectivity index (χ2v) is 11.4. The Morgan fingerprint density at radius 2 is 1.76 bits per heavy atom. The van der Waals surface area contributed by atoms with Gasteiger partial charge in [-0.3, -0.25) is 9.59 Å². The third-order valence-electron chi connectivity index (χ3n) is 6.42. The van der Waals surface area contributed by atoms with E-state index in [0.717, 1.165) is 10.5 Å². The van der Waals surface area contributed by atoms with Crippen molar-refractivity contribution in [1.82, 2.24) is 9.97 Å². The Morgan fingerprint density at radius 1 is 1.04 bits per heavy atom. The normalized spacial score (nSPS) is 11.8. The molecule has 0 aliphatic carbocycles. The van der Waals surface area contributed by atoms with Crippen LogP contribution in [-0.4, -0.2) is 60.4 Å². The van der Waals surface area contributed by atoms with Crippen LogP contribution in [0.3, 0.4) is 0 Å². The third kappa shape index (κ3) is 8.17. The molecule has 0 aliphatic rings. The van der Waals surface area contributed by atoms with Crippen molar-refractivity contribution in [2.45, 2.75) is 38.8 Å². The molecule has 3 N–H and O–H groups in total. The molecule has 46 heavy (non-hydrogen) atoms. The predicted octanol–water partition coefficient (Wildman–Crippen LogP) is 5.56. The standard InChI is InChI=1S/C32H33ClFN5O7/c1-32(2,3)46-31(42)39(24-8-6-7-21(33)28(24)34)29-20-14-26(25(43-4)15-23(20)36-17-37-29)45-16-27(40)38-19-11-9-18(10-12-19)13-22(35)30(41)44-5/h6-12,14-15,17,22H,13,16,35H2,1-5H3,(H,38,40)/t22-/m0/s1. The molecule has 0 saturated heterocycles. The number of nitrogens with two attached hydrogens (primary N) is 1. The summed E-state index contributed by atoms with van der Waals surface area (Å²) in [6.45, 7) is 4.60. The lowest BCUT2D eigenvalue weighted by molar-refractivity contribution is -0.142. The van der Waals surface area contributed by atoms with E-state index in [1.807, 2.05) is 0 Å². The minimum absolute atomic E-state index is 0.0237. The second-order valence-electron chi connectivity index (χ2n) is 11.0. The van der Waals surface area contributed by atoms with E-state index in [9.17, 15) is 14.4 Å². The average molecular weight is 654 g/mol. The van der Waals surface area contributed by atoms with Gasteiger partial charge in [-0.2, -0.15) is 0 Å². The summed E-state index contributed by atoms with van der Waals surface area (Å²) < 4.78 is 36.8. The van der Waals surface area contributed by atoms with Gasteiger partial charge in [-0.05, 0) is 63.1 Å². The second kappa shape index (κ2) is 14.4. The summed E-state index contributed by atoms with van der Waals surface area (Å²) in [6.07, 6.45) is 0.566. The summed E-state index contributed by atoms with van der Waals surface area (Å²) >= 11 is 6.06. The molecule has 4 aromatic rings. The van der Waals surface area contributed by atoms with Gasteiger partial charge in [-0.25, -0.2) is 24.1 Å². The van der Waals surface area contributed by atoms with Crippen LogP contribution in [0.4, 0.5) is 26.4 Å². The molecule has 1 heterocycles. The summed E-state index contributed by atoms with van der Waals surface area (Å²) in [5, 5.41) is 2.79.